The molecule has 0 aliphatic carbocycles. The van der Waals surface area contributed by atoms with Crippen LogP contribution in [0.4, 0.5) is 0 Å². The van der Waals surface area contributed by atoms with E-state index in [1.54, 1.807) is 12.1 Å². The molecule has 2 rings (SSSR count). The van der Waals surface area contributed by atoms with E-state index in [1.165, 1.54) is 0 Å². The summed E-state index contributed by atoms with van der Waals surface area (Å²) in [7, 11) is 0. The van der Waals surface area contributed by atoms with Gasteiger partial charge in [0.05, 0.1) is 0 Å². The molecule has 0 bridgehead atoms. The van der Waals surface area contributed by atoms with Crippen LogP contribution < -0.4 is 0 Å². The molecule has 3 nitrogen and oxygen atoms in total. The molecule has 0 aromatic heterocycles. The Morgan fingerprint density at radius 2 is 2.10 bits per heavy atom. The first-order valence-electron chi connectivity index (χ1n) is 7.17. The molecule has 0 radical (unpaired) electrons. The molecule has 116 valence electrons. The van der Waals surface area contributed by atoms with Gasteiger partial charge in [-0.15, -0.1) is 0 Å². The minimum Gasteiger partial charge on any atom is -0.459 e. The number of benzene rings is 1. The highest BCUT2D eigenvalue weighted by Gasteiger charge is 2.34. The first-order valence-corrected chi connectivity index (χ1v) is 7.93. The molecule has 1 atom stereocenters. The molecule has 1 aliphatic heterocycles. The first kappa shape index (κ1) is 16.6. The van der Waals surface area contributed by atoms with E-state index < -0.39 is 5.60 Å². The second kappa shape index (κ2) is 6.55. The van der Waals surface area contributed by atoms with Gasteiger partial charge in [0.1, 0.15) is 11.6 Å². The van der Waals surface area contributed by atoms with Gasteiger partial charge in [-0.3, -0.25) is 9.69 Å². The molecule has 1 aliphatic rings. The van der Waals surface area contributed by atoms with E-state index in [0.717, 1.165) is 24.9 Å². The van der Waals surface area contributed by atoms with Crippen LogP contribution in [-0.4, -0.2) is 29.1 Å². The van der Waals surface area contributed by atoms with Gasteiger partial charge in [0.15, 0.2) is 0 Å². The van der Waals surface area contributed by atoms with E-state index >= 15 is 0 Å². The highest BCUT2D eigenvalue weighted by molar-refractivity contribution is 6.33. The fraction of sp³-hybridized carbons (Fsp3) is 0.562. The zero-order valence-electron chi connectivity index (χ0n) is 12.7. The lowest BCUT2D eigenvalue weighted by Crippen LogP contribution is -2.40. The molecule has 0 spiro atoms. The van der Waals surface area contributed by atoms with Gasteiger partial charge in [0, 0.05) is 16.6 Å². The Morgan fingerprint density at radius 1 is 1.38 bits per heavy atom. The maximum atomic E-state index is 12.3. The number of carbonyl (C=O) groups is 1. The SMILES string of the molecule is CC(C)(C)OC(=O)[C@@H]1CCCN1Cc1cc(Cl)ccc1Cl. The quantitative estimate of drug-likeness (QED) is 0.774. The number of nitrogens with zero attached hydrogens (tertiary/aromatic N) is 1. The van der Waals surface area contributed by atoms with Crippen molar-refractivity contribution in [3.8, 4) is 0 Å². The highest BCUT2D eigenvalue weighted by atomic mass is 35.5. The monoisotopic (exact) mass is 329 g/mol. The highest BCUT2D eigenvalue weighted by Crippen LogP contribution is 2.27. The van der Waals surface area contributed by atoms with Crippen LogP contribution >= 0.6 is 23.2 Å². The smallest absolute Gasteiger partial charge is 0.323 e. The molecule has 1 heterocycles. The van der Waals surface area contributed by atoms with E-state index in [0.29, 0.717) is 16.6 Å². The van der Waals surface area contributed by atoms with Gasteiger partial charge in [0.25, 0.3) is 0 Å². The Hall–Kier alpha value is -0.770. The molecule has 0 N–H and O–H groups in total. The number of ether oxygens (including phenoxy) is 1. The molecular weight excluding hydrogens is 309 g/mol. The van der Waals surface area contributed by atoms with Crippen molar-refractivity contribution in [1.82, 2.24) is 4.90 Å². The van der Waals surface area contributed by atoms with Gasteiger partial charge < -0.3 is 4.74 Å². The van der Waals surface area contributed by atoms with Crippen LogP contribution in [0, 0.1) is 0 Å². The largest absolute Gasteiger partial charge is 0.459 e. The topological polar surface area (TPSA) is 29.5 Å². The van der Waals surface area contributed by atoms with E-state index in [4.69, 9.17) is 27.9 Å². The van der Waals surface area contributed by atoms with Gasteiger partial charge >= 0.3 is 5.97 Å². The molecule has 5 heteroatoms. The summed E-state index contributed by atoms with van der Waals surface area (Å²) < 4.78 is 5.50. The molecule has 1 saturated heterocycles. The number of carbonyl (C=O) groups excluding carboxylic acids is 1. The van der Waals surface area contributed by atoms with Gasteiger partial charge in [-0.05, 0) is 63.9 Å². The second-order valence-electron chi connectivity index (χ2n) is 6.40. The summed E-state index contributed by atoms with van der Waals surface area (Å²) in [5, 5.41) is 1.33. The fourth-order valence-corrected chi connectivity index (χ4v) is 2.91. The molecule has 1 fully saturated rings. The minimum absolute atomic E-state index is 0.154. The minimum atomic E-state index is -0.459. The summed E-state index contributed by atoms with van der Waals surface area (Å²) in [5.74, 6) is -0.154. The predicted octanol–water partition coefficient (Wildman–Crippen LogP) is 4.30. The molecule has 21 heavy (non-hydrogen) atoms. The lowest BCUT2D eigenvalue weighted by molar-refractivity contribution is -0.160. The van der Waals surface area contributed by atoms with Crippen LogP contribution in [-0.2, 0) is 16.1 Å². The van der Waals surface area contributed by atoms with Gasteiger partial charge in [-0.2, -0.15) is 0 Å². The normalized spacial score (nSPS) is 19.8. The molecule has 0 unspecified atom stereocenters. The zero-order chi connectivity index (χ0) is 15.6. The number of hydrogen-bond donors (Lipinski definition) is 0. The summed E-state index contributed by atoms with van der Waals surface area (Å²) in [6, 6.07) is 5.22. The van der Waals surface area contributed by atoms with Crippen LogP contribution in [0.5, 0.6) is 0 Å². The Morgan fingerprint density at radius 3 is 2.76 bits per heavy atom. The molecule has 0 saturated carbocycles. The third-order valence-corrected chi connectivity index (χ3v) is 4.03. The number of rotatable bonds is 3. The molecule has 1 aromatic carbocycles. The predicted molar refractivity (Wildman–Crippen MR) is 85.7 cm³/mol. The fourth-order valence-electron chi connectivity index (χ4n) is 2.54. The summed E-state index contributed by atoms with van der Waals surface area (Å²) in [5.41, 5.74) is 0.485. The lowest BCUT2D eigenvalue weighted by Gasteiger charge is -2.27. The maximum Gasteiger partial charge on any atom is 0.323 e. The van der Waals surface area contributed by atoms with Crippen LogP contribution in [0.3, 0.4) is 0 Å². The average Bonchev–Trinajstić information content (AvgIpc) is 2.80. The summed E-state index contributed by atoms with van der Waals surface area (Å²) in [6.45, 7) is 7.14. The van der Waals surface area contributed by atoms with E-state index in [1.807, 2.05) is 26.8 Å². The Labute approximate surface area is 136 Å². The van der Waals surface area contributed by atoms with Crippen LogP contribution in [0.25, 0.3) is 0 Å². The number of hydrogen-bond acceptors (Lipinski definition) is 3. The zero-order valence-corrected chi connectivity index (χ0v) is 14.2. The summed E-state index contributed by atoms with van der Waals surface area (Å²) in [6.07, 6.45) is 1.81. The Balaban J connectivity index is 2.08. The summed E-state index contributed by atoms with van der Waals surface area (Å²) >= 11 is 12.2. The number of esters is 1. The van der Waals surface area contributed by atoms with E-state index in [2.05, 4.69) is 4.90 Å². The number of likely N-dealkylation sites (tertiary alicyclic amines) is 1. The molecule has 0 amide bonds. The van der Waals surface area contributed by atoms with Crippen molar-refractivity contribution in [1.29, 1.82) is 0 Å². The van der Waals surface area contributed by atoms with Crippen LogP contribution in [0.2, 0.25) is 10.0 Å². The van der Waals surface area contributed by atoms with Crippen molar-refractivity contribution in [2.75, 3.05) is 6.54 Å². The van der Waals surface area contributed by atoms with Crippen molar-refractivity contribution in [3.63, 3.8) is 0 Å². The standard InChI is InChI=1S/C16H21Cl2NO2/c1-16(2,3)21-15(20)14-5-4-8-19(14)10-11-9-12(17)6-7-13(11)18/h6-7,9,14H,4-5,8,10H2,1-3H3/t14-/m0/s1. The van der Waals surface area contributed by atoms with Gasteiger partial charge in [-0.1, -0.05) is 23.2 Å². The van der Waals surface area contributed by atoms with Gasteiger partial charge in [0.2, 0.25) is 0 Å². The van der Waals surface area contributed by atoms with E-state index in [9.17, 15) is 4.79 Å². The lowest BCUT2D eigenvalue weighted by atomic mass is 10.1. The van der Waals surface area contributed by atoms with Crippen molar-refractivity contribution in [3.05, 3.63) is 33.8 Å². The van der Waals surface area contributed by atoms with Crippen LogP contribution in [0.15, 0.2) is 18.2 Å². The van der Waals surface area contributed by atoms with Crippen molar-refractivity contribution in [2.24, 2.45) is 0 Å². The second-order valence-corrected chi connectivity index (χ2v) is 7.24. The number of halogens is 2. The molecular formula is C16H21Cl2NO2. The third-order valence-electron chi connectivity index (χ3n) is 3.42. The van der Waals surface area contributed by atoms with Gasteiger partial charge in [-0.25, -0.2) is 0 Å². The third kappa shape index (κ3) is 4.60. The maximum absolute atomic E-state index is 12.3. The van der Waals surface area contributed by atoms with Crippen molar-refractivity contribution < 1.29 is 9.53 Å². The first-order chi connectivity index (χ1) is 9.76. The van der Waals surface area contributed by atoms with Crippen molar-refractivity contribution >= 4 is 29.2 Å². The Kier molecular flexibility index (Phi) is 5.18. The average molecular weight is 330 g/mol. The Bertz CT molecular complexity index is 525. The van der Waals surface area contributed by atoms with Crippen molar-refractivity contribution in [2.45, 2.75) is 51.8 Å². The molecule has 1 aromatic rings. The van der Waals surface area contributed by atoms with Crippen LogP contribution in [0.1, 0.15) is 39.2 Å². The summed E-state index contributed by atoms with van der Waals surface area (Å²) in [4.78, 5) is 14.4. The van der Waals surface area contributed by atoms with E-state index in [-0.39, 0.29) is 12.0 Å².